The molecule has 7 heteroatoms. The molecule has 0 spiro atoms. The van der Waals surface area contributed by atoms with Gasteiger partial charge >= 0.3 is 0 Å². The summed E-state index contributed by atoms with van der Waals surface area (Å²) in [5.41, 5.74) is 3.99. The molecule has 0 saturated heterocycles. The molecule has 0 radical (unpaired) electrons. The molecule has 3 N–H and O–H groups in total. The fourth-order valence-electron chi connectivity index (χ4n) is 2.67. The number of carbonyl (C=O) groups excluding carboxylic acids is 1. The van der Waals surface area contributed by atoms with E-state index < -0.39 is 22.1 Å². The summed E-state index contributed by atoms with van der Waals surface area (Å²) >= 11 is 0. The Bertz CT molecular complexity index is 923. The summed E-state index contributed by atoms with van der Waals surface area (Å²) in [7, 11) is -3.74. The van der Waals surface area contributed by atoms with E-state index in [1.807, 2.05) is 32.9 Å². The van der Waals surface area contributed by atoms with Gasteiger partial charge in [-0.1, -0.05) is 23.8 Å². The van der Waals surface area contributed by atoms with E-state index in [1.54, 1.807) is 18.2 Å². The van der Waals surface area contributed by atoms with E-state index in [0.717, 1.165) is 16.7 Å². The zero-order valence-corrected chi connectivity index (χ0v) is 14.5. The summed E-state index contributed by atoms with van der Waals surface area (Å²) in [6, 6.07) is 10.6. The van der Waals surface area contributed by atoms with Crippen molar-refractivity contribution >= 4 is 27.3 Å². The fourth-order valence-corrected chi connectivity index (χ4v) is 3.93. The van der Waals surface area contributed by atoms with Crippen LogP contribution in [0.15, 0.2) is 41.3 Å². The summed E-state index contributed by atoms with van der Waals surface area (Å²) in [5.74, 6) is -0.460. The van der Waals surface area contributed by atoms with Gasteiger partial charge in [-0.2, -0.15) is 4.72 Å². The second kappa shape index (κ2) is 5.92. The minimum absolute atomic E-state index is 0.142. The maximum atomic E-state index is 12.5. The van der Waals surface area contributed by atoms with Crippen LogP contribution in [0, 0.1) is 20.8 Å². The number of hydrogen-bond donors (Lipinski definition) is 3. The third-order valence-corrected chi connectivity index (χ3v) is 5.38. The molecule has 0 bridgehead atoms. The lowest BCUT2D eigenvalue weighted by molar-refractivity contribution is -0.117. The molecule has 6 nitrogen and oxygen atoms in total. The van der Waals surface area contributed by atoms with E-state index in [4.69, 9.17) is 0 Å². The number of fused-ring (bicyclic) bond motifs is 1. The first kappa shape index (κ1) is 16.5. The van der Waals surface area contributed by atoms with Crippen molar-refractivity contribution < 1.29 is 13.2 Å². The highest BCUT2D eigenvalue weighted by atomic mass is 32.2. The van der Waals surface area contributed by atoms with Crippen LogP contribution in [0.4, 0.5) is 11.4 Å². The molecule has 0 aliphatic carbocycles. The van der Waals surface area contributed by atoms with E-state index in [2.05, 4.69) is 15.4 Å². The molecule has 0 saturated carbocycles. The second-order valence-corrected chi connectivity index (χ2v) is 7.69. The maximum Gasteiger partial charge on any atom is 0.262 e. The van der Waals surface area contributed by atoms with Gasteiger partial charge in [0.25, 0.3) is 5.91 Å². The number of rotatable bonds is 2. The highest BCUT2D eigenvalue weighted by molar-refractivity contribution is 7.89. The third kappa shape index (κ3) is 3.13. The molecule has 1 amide bonds. The Morgan fingerprint density at radius 3 is 2.42 bits per heavy atom. The molecule has 0 fully saturated rings. The van der Waals surface area contributed by atoms with Crippen LogP contribution in [0.1, 0.15) is 16.7 Å². The number of amides is 1. The smallest absolute Gasteiger partial charge is 0.262 e. The minimum atomic E-state index is -3.74. The monoisotopic (exact) mass is 345 g/mol. The SMILES string of the molecule is Cc1ccc(NC(=O)C2Nc3cc(C)ccc3S(=O)(=O)N2)c(C)c1. The summed E-state index contributed by atoms with van der Waals surface area (Å²) < 4.78 is 27.0. The van der Waals surface area contributed by atoms with E-state index in [-0.39, 0.29) is 4.90 Å². The lowest BCUT2D eigenvalue weighted by Crippen LogP contribution is -2.51. The molecular weight excluding hydrogens is 326 g/mol. The third-order valence-electron chi connectivity index (χ3n) is 3.90. The minimum Gasteiger partial charge on any atom is -0.360 e. The predicted molar refractivity (Wildman–Crippen MR) is 93.5 cm³/mol. The number of benzene rings is 2. The number of sulfonamides is 1. The Hall–Kier alpha value is -2.38. The Kier molecular flexibility index (Phi) is 4.06. The standard InChI is InChI=1S/C17H19N3O3S/c1-10-4-6-13(12(3)8-10)19-17(21)16-18-14-9-11(2)5-7-15(14)24(22,23)20-16/h4-9,16,18,20H,1-3H3,(H,19,21). The van der Waals surface area contributed by atoms with Crippen LogP contribution in [0.25, 0.3) is 0 Å². The Balaban J connectivity index is 1.87. The molecule has 1 aliphatic heterocycles. The number of aryl methyl sites for hydroxylation is 3. The van der Waals surface area contributed by atoms with Gasteiger partial charge < -0.3 is 10.6 Å². The molecule has 126 valence electrons. The van der Waals surface area contributed by atoms with Gasteiger partial charge in [0.15, 0.2) is 6.17 Å². The molecule has 2 aromatic rings. The quantitative estimate of drug-likeness (QED) is 0.779. The average Bonchev–Trinajstić information content (AvgIpc) is 2.48. The van der Waals surface area contributed by atoms with Crippen molar-refractivity contribution in [1.29, 1.82) is 0 Å². The molecule has 3 rings (SSSR count). The number of hydrogen-bond acceptors (Lipinski definition) is 4. The van der Waals surface area contributed by atoms with Crippen molar-refractivity contribution in [3.63, 3.8) is 0 Å². The van der Waals surface area contributed by atoms with E-state index in [1.165, 1.54) is 6.07 Å². The van der Waals surface area contributed by atoms with Gasteiger partial charge in [-0.05, 0) is 50.1 Å². The van der Waals surface area contributed by atoms with Gasteiger partial charge in [0.1, 0.15) is 4.90 Å². The summed E-state index contributed by atoms with van der Waals surface area (Å²) in [4.78, 5) is 12.6. The van der Waals surface area contributed by atoms with Crippen LogP contribution in [0.3, 0.4) is 0 Å². The van der Waals surface area contributed by atoms with Gasteiger partial charge in [0.05, 0.1) is 5.69 Å². The van der Waals surface area contributed by atoms with Crippen molar-refractivity contribution in [3.05, 3.63) is 53.1 Å². The summed E-state index contributed by atoms with van der Waals surface area (Å²) in [6.45, 7) is 5.72. The van der Waals surface area contributed by atoms with Crippen LogP contribution in [-0.2, 0) is 14.8 Å². The molecule has 2 aromatic carbocycles. The van der Waals surface area contributed by atoms with Gasteiger partial charge in [0, 0.05) is 5.69 Å². The van der Waals surface area contributed by atoms with Crippen molar-refractivity contribution in [1.82, 2.24) is 4.72 Å². The molecule has 24 heavy (non-hydrogen) atoms. The van der Waals surface area contributed by atoms with Crippen molar-refractivity contribution in [2.75, 3.05) is 10.6 Å². The average molecular weight is 345 g/mol. The molecule has 1 unspecified atom stereocenters. The predicted octanol–water partition coefficient (Wildman–Crippen LogP) is 2.28. The van der Waals surface area contributed by atoms with Crippen LogP contribution in [0.5, 0.6) is 0 Å². The highest BCUT2D eigenvalue weighted by Gasteiger charge is 2.33. The fraction of sp³-hybridized carbons (Fsp3) is 0.235. The Morgan fingerprint density at radius 2 is 1.71 bits per heavy atom. The highest BCUT2D eigenvalue weighted by Crippen LogP contribution is 2.27. The lowest BCUT2D eigenvalue weighted by atomic mass is 10.1. The van der Waals surface area contributed by atoms with E-state index in [9.17, 15) is 13.2 Å². The molecule has 1 aliphatic rings. The second-order valence-electron chi connectivity index (χ2n) is 6.01. The summed E-state index contributed by atoms with van der Waals surface area (Å²) in [5, 5.41) is 5.70. The largest absolute Gasteiger partial charge is 0.360 e. The zero-order chi connectivity index (χ0) is 17.5. The lowest BCUT2D eigenvalue weighted by Gasteiger charge is -2.27. The van der Waals surface area contributed by atoms with Crippen molar-refractivity contribution in [2.45, 2.75) is 31.8 Å². The van der Waals surface area contributed by atoms with Crippen LogP contribution in [0.2, 0.25) is 0 Å². The molecule has 0 aromatic heterocycles. The van der Waals surface area contributed by atoms with Crippen LogP contribution < -0.4 is 15.4 Å². The van der Waals surface area contributed by atoms with E-state index in [0.29, 0.717) is 11.4 Å². The summed E-state index contributed by atoms with van der Waals surface area (Å²) in [6.07, 6.45) is -1.06. The van der Waals surface area contributed by atoms with Crippen molar-refractivity contribution in [3.8, 4) is 0 Å². The van der Waals surface area contributed by atoms with Gasteiger partial charge in [0.2, 0.25) is 10.0 Å². The number of anilines is 2. The normalized spacial score (nSPS) is 18.4. The molecule has 1 heterocycles. The van der Waals surface area contributed by atoms with Gasteiger partial charge in [-0.3, -0.25) is 4.79 Å². The van der Waals surface area contributed by atoms with Crippen molar-refractivity contribution in [2.24, 2.45) is 0 Å². The molecule has 1 atom stereocenters. The molecular formula is C17H19N3O3S. The zero-order valence-electron chi connectivity index (χ0n) is 13.7. The van der Waals surface area contributed by atoms with Gasteiger partial charge in [-0.25, -0.2) is 8.42 Å². The number of carbonyl (C=O) groups is 1. The van der Waals surface area contributed by atoms with Crippen LogP contribution in [-0.4, -0.2) is 20.5 Å². The van der Waals surface area contributed by atoms with E-state index >= 15 is 0 Å². The number of nitrogens with one attached hydrogen (secondary N) is 3. The Morgan fingerprint density at radius 1 is 1.04 bits per heavy atom. The first-order valence-electron chi connectivity index (χ1n) is 7.54. The maximum absolute atomic E-state index is 12.5. The first-order chi connectivity index (χ1) is 11.3. The first-order valence-corrected chi connectivity index (χ1v) is 9.02. The topological polar surface area (TPSA) is 87.3 Å². The van der Waals surface area contributed by atoms with Crippen LogP contribution >= 0.6 is 0 Å². The Labute approximate surface area is 141 Å². The van der Waals surface area contributed by atoms with Gasteiger partial charge in [-0.15, -0.1) is 0 Å².